The van der Waals surface area contributed by atoms with Crippen molar-refractivity contribution in [2.75, 3.05) is 10.2 Å². The van der Waals surface area contributed by atoms with Crippen LogP contribution in [0.2, 0.25) is 0 Å². The highest BCUT2D eigenvalue weighted by Crippen LogP contribution is 2.34. The van der Waals surface area contributed by atoms with Crippen molar-refractivity contribution in [2.24, 2.45) is 0 Å². The lowest BCUT2D eigenvalue weighted by atomic mass is 10.0. The molecule has 0 saturated carbocycles. The maximum atomic E-state index is 13.4. The Bertz CT molecular complexity index is 1130. The fourth-order valence-electron chi connectivity index (χ4n) is 3.47. The summed E-state index contributed by atoms with van der Waals surface area (Å²) in [7, 11) is 0. The van der Waals surface area contributed by atoms with E-state index in [9.17, 15) is 9.59 Å². The Hall–Kier alpha value is -3.66. The van der Waals surface area contributed by atoms with Gasteiger partial charge in [-0.05, 0) is 55.7 Å². The van der Waals surface area contributed by atoms with Gasteiger partial charge in [-0.2, -0.15) is 0 Å². The van der Waals surface area contributed by atoms with Gasteiger partial charge in [-0.15, -0.1) is 0 Å². The van der Waals surface area contributed by atoms with Gasteiger partial charge in [0, 0.05) is 5.69 Å². The molecule has 29 heavy (non-hydrogen) atoms. The first kappa shape index (κ1) is 18.7. The fraction of sp³-hybridized carbons (Fsp3) is 0.120. The van der Waals surface area contributed by atoms with Crippen LogP contribution in [0, 0.1) is 20.8 Å². The monoisotopic (exact) mass is 382 g/mol. The van der Waals surface area contributed by atoms with Gasteiger partial charge in [0.1, 0.15) is 5.70 Å². The minimum atomic E-state index is -0.349. The molecule has 4 heteroatoms. The number of nitrogens with zero attached hydrogens (tertiary/aromatic N) is 1. The number of carbonyl (C=O) groups is 2. The Morgan fingerprint density at radius 1 is 0.724 bits per heavy atom. The minimum absolute atomic E-state index is 0.302. The molecule has 3 aromatic carbocycles. The van der Waals surface area contributed by atoms with Crippen LogP contribution in [0.1, 0.15) is 22.3 Å². The second-order valence-electron chi connectivity index (χ2n) is 7.27. The van der Waals surface area contributed by atoms with Gasteiger partial charge in [0.15, 0.2) is 0 Å². The van der Waals surface area contributed by atoms with Crippen molar-refractivity contribution >= 4 is 28.8 Å². The lowest BCUT2D eigenvalue weighted by Gasteiger charge is -2.16. The number of imide groups is 1. The van der Waals surface area contributed by atoms with E-state index < -0.39 is 0 Å². The van der Waals surface area contributed by atoms with Gasteiger partial charge in [-0.25, -0.2) is 4.90 Å². The van der Waals surface area contributed by atoms with Crippen LogP contribution in [0.4, 0.5) is 11.4 Å². The van der Waals surface area contributed by atoms with Crippen molar-refractivity contribution < 1.29 is 9.59 Å². The molecule has 1 aliphatic heterocycles. The van der Waals surface area contributed by atoms with E-state index in [1.54, 1.807) is 12.1 Å². The number of hydrogen-bond donors (Lipinski definition) is 1. The quantitative estimate of drug-likeness (QED) is 0.646. The van der Waals surface area contributed by atoms with Crippen molar-refractivity contribution in [3.05, 3.63) is 101 Å². The molecule has 1 aliphatic rings. The normalized spacial score (nSPS) is 14.0. The first-order chi connectivity index (χ1) is 14.0. The van der Waals surface area contributed by atoms with Crippen molar-refractivity contribution in [1.82, 2.24) is 0 Å². The molecule has 1 N–H and O–H groups in total. The first-order valence-corrected chi connectivity index (χ1v) is 9.56. The molecule has 0 saturated heterocycles. The molecular weight excluding hydrogens is 360 g/mol. The fourth-order valence-corrected chi connectivity index (χ4v) is 3.47. The number of hydrogen-bond acceptors (Lipinski definition) is 3. The van der Waals surface area contributed by atoms with E-state index in [1.807, 2.05) is 81.4 Å². The average Bonchev–Trinajstić information content (AvgIpc) is 2.96. The molecule has 0 radical (unpaired) electrons. The molecule has 4 rings (SSSR count). The second kappa shape index (κ2) is 7.40. The molecule has 0 atom stereocenters. The first-order valence-electron chi connectivity index (χ1n) is 9.56. The smallest absolute Gasteiger partial charge is 0.282 e. The maximum absolute atomic E-state index is 13.4. The molecule has 0 spiro atoms. The molecule has 4 nitrogen and oxygen atoms in total. The SMILES string of the molecule is Cc1ccc(C2=C(Nc3cccc(C)c3C)C(=O)N(c3ccccc3)C2=O)cc1. The third-order valence-corrected chi connectivity index (χ3v) is 5.30. The molecule has 0 aromatic heterocycles. The average molecular weight is 382 g/mol. The van der Waals surface area contributed by atoms with E-state index in [-0.39, 0.29) is 11.8 Å². The zero-order valence-corrected chi connectivity index (χ0v) is 16.7. The number of para-hydroxylation sites is 1. The number of nitrogens with one attached hydrogen (secondary N) is 1. The van der Waals surface area contributed by atoms with Crippen LogP contribution in [0.15, 0.2) is 78.5 Å². The molecule has 2 amide bonds. The van der Waals surface area contributed by atoms with Crippen molar-refractivity contribution in [3.63, 3.8) is 0 Å². The molecule has 3 aromatic rings. The number of amides is 2. The van der Waals surface area contributed by atoms with E-state index in [0.717, 1.165) is 27.9 Å². The van der Waals surface area contributed by atoms with E-state index >= 15 is 0 Å². The van der Waals surface area contributed by atoms with E-state index in [2.05, 4.69) is 5.32 Å². The molecule has 0 fully saturated rings. The highest BCUT2D eigenvalue weighted by atomic mass is 16.2. The summed E-state index contributed by atoms with van der Waals surface area (Å²) in [5.74, 6) is -0.671. The summed E-state index contributed by atoms with van der Waals surface area (Å²) in [6.45, 7) is 6.01. The Labute approximate surface area is 170 Å². The maximum Gasteiger partial charge on any atom is 0.282 e. The van der Waals surface area contributed by atoms with Gasteiger partial charge in [-0.1, -0.05) is 60.2 Å². The number of anilines is 2. The summed E-state index contributed by atoms with van der Waals surface area (Å²) in [6, 6.07) is 22.6. The van der Waals surface area contributed by atoms with Crippen LogP contribution in [-0.4, -0.2) is 11.8 Å². The largest absolute Gasteiger partial charge is 0.350 e. The summed E-state index contributed by atoms with van der Waals surface area (Å²) in [5, 5.41) is 3.26. The topological polar surface area (TPSA) is 49.4 Å². The molecular formula is C25H22N2O2. The van der Waals surface area contributed by atoms with Crippen molar-refractivity contribution in [1.29, 1.82) is 0 Å². The van der Waals surface area contributed by atoms with E-state index in [0.29, 0.717) is 17.0 Å². The molecule has 0 unspecified atom stereocenters. The van der Waals surface area contributed by atoms with Gasteiger partial charge in [-0.3, -0.25) is 9.59 Å². The Balaban J connectivity index is 1.85. The Kier molecular flexibility index (Phi) is 4.77. The molecule has 0 bridgehead atoms. The summed E-state index contributed by atoms with van der Waals surface area (Å²) in [4.78, 5) is 28.0. The van der Waals surface area contributed by atoms with Crippen molar-refractivity contribution in [2.45, 2.75) is 20.8 Å². The molecule has 0 aliphatic carbocycles. The lowest BCUT2D eigenvalue weighted by Crippen LogP contribution is -2.32. The van der Waals surface area contributed by atoms with E-state index in [4.69, 9.17) is 0 Å². The lowest BCUT2D eigenvalue weighted by molar-refractivity contribution is -0.120. The van der Waals surface area contributed by atoms with Crippen molar-refractivity contribution in [3.8, 4) is 0 Å². The number of benzene rings is 3. The van der Waals surface area contributed by atoms with Gasteiger partial charge < -0.3 is 5.32 Å². The number of aryl methyl sites for hydroxylation is 2. The third kappa shape index (κ3) is 3.34. The standard InChI is InChI=1S/C25H22N2O2/c1-16-12-14-19(15-13-16)22-23(26-21-11-7-8-17(2)18(21)3)25(29)27(24(22)28)20-9-5-4-6-10-20/h4-15,26H,1-3H3. The van der Waals surface area contributed by atoms with Crippen LogP contribution >= 0.6 is 0 Å². The van der Waals surface area contributed by atoms with Gasteiger partial charge in [0.05, 0.1) is 11.3 Å². The van der Waals surface area contributed by atoms with Crippen LogP contribution in [0.3, 0.4) is 0 Å². The summed E-state index contributed by atoms with van der Waals surface area (Å²) in [5.41, 5.74) is 6.04. The predicted molar refractivity (Wildman–Crippen MR) is 117 cm³/mol. The highest BCUT2D eigenvalue weighted by Gasteiger charge is 2.40. The van der Waals surface area contributed by atoms with Crippen LogP contribution in [-0.2, 0) is 9.59 Å². The van der Waals surface area contributed by atoms with Gasteiger partial charge >= 0.3 is 0 Å². The molecule has 144 valence electrons. The van der Waals surface area contributed by atoms with Gasteiger partial charge in [0.25, 0.3) is 11.8 Å². The summed E-state index contributed by atoms with van der Waals surface area (Å²) >= 11 is 0. The Morgan fingerprint density at radius 3 is 2.10 bits per heavy atom. The zero-order valence-electron chi connectivity index (χ0n) is 16.7. The summed E-state index contributed by atoms with van der Waals surface area (Å²) in [6.07, 6.45) is 0. The summed E-state index contributed by atoms with van der Waals surface area (Å²) < 4.78 is 0. The Morgan fingerprint density at radius 2 is 1.41 bits per heavy atom. The minimum Gasteiger partial charge on any atom is -0.350 e. The van der Waals surface area contributed by atoms with Gasteiger partial charge in [0.2, 0.25) is 0 Å². The van der Waals surface area contributed by atoms with Crippen LogP contribution < -0.4 is 10.2 Å². The predicted octanol–water partition coefficient (Wildman–Crippen LogP) is 5.01. The highest BCUT2D eigenvalue weighted by molar-refractivity contribution is 6.46. The van der Waals surface area contributed by atoms with Crippen LogP contribution in [0.5, 0.6) is 0 Å². The zero-order chi connectivity index (χ0) is 20.5. The third-order valence-electron chi connectivity index (χ3n) is 5.30. The van der Waals surface area contributed by atoms with Crippen LogP contribution in [0.25, 0.3) is 5.57 Å². The van der Waals surface area contributed by atoms with E-state index in [1.165, 1.54) is 4.90 Å². The second-order valence-corrected chi connectivity index (χ2v) is 7.27. The number of carbonyl (C=O) groups excluding carboxylic acids is 2. The molecule has 1 heterocycles. The number of rotatable bonds is 4.